The molecule has 0 fully saturated rings. The zero-order valence-electron chi connectivity index (χ0n) is 15.1. The second-order valence-corrected chi connectivity index (χ2v) is 5.89. The number of rotatable bonds is 6. The molecular formula is C20H18F2N4O2. The van der Waals surface area contributed by atoms with Crippen molar-refractivity contribution in [2.75, 3.05) is 17.2 Å². The molecular weight excluding hydrogens is 366 g/mol. The van der Waals surface area contributed by atoms with Gasteiger partial charge in [0.05, 0.1) is 18.0 Å². The highest BCUT2D eigenvalue weighted by Gasteiger charge is 2.09. The molecule has 8 heteroatoms. The molecule has 0 aliphatic rings. The quantitative estimate of drug-likeness (QED) is 0.637. The Balaban J connectivity index is 1.68. The molecule has 1 aromatic heterocycles. The van der Waals surface area contributed by atoms with Gasteiger partial charge in [-0.3, -0.25) is 0 Å². The maximum atomic E-state index is 13.6. The third kappa shape index (κ3) is 5.00. The molecule has 3 aromatic rings. The third-order valence-corrected chi connectivity index (χ3v) is 3.69. The van der Waals surface area contributed by atoms with Crippen LogP contribution < -0.4 is 15.4 Å². The van der Waals surface area contributed by atoms with Crippen LogP contribution in [0.1, 0.15) is 13.3 Å². The number of halogens is 2. The first-order valence-corrected chi connectivity index (χ1v) is 8.65. The summed E-state index contributed by atoms with van der Waals surface area (Å²) < 4.78 is 32.0. The van der Waals surface area contributed by atoms with E-state index in [-0.39, 0.29) is 5.69 Å². The minimum absolute atomic E-state index is 0.122. The van der Waals surface area contributed by atoms with Crippen LogP contribution in [0.15, 0.2) is 54.6 Å². The average molecular weight is 384 g/mol. The van der Waals surface area contributed by atoms with E-state index in [9.17, 15) is 13.6 Å². The Bertz CT molecular complexity index is 965. The lowest BCUT2D eigenvalue weighted by atomic mass is 10.1. The van der Waals surface area contributed by atoms with E-state index in [1.165, 1.54) is 0 Å². The number of nitrogens with one attached hydrogen (secondary N) is 2. The zero-order chi connectivity index (χ0) is 19.9. The van der Waals surface area contributed by atoms with Crippen molar-refractivity contribution in [3.8, 4) is 17.1 Å². The summed E-state index contributed by atoms with van der Waals surface area (Å²) in [5.74, 6) is -1.13. The molecule has 0 bridgehead atoms. The molecule has 0 radical (unpaired) electrons. The zero-order valence-corrected chi connectivity index (χ0v) is 15.1. The lowest BCUT2D eigenvalue weighted by molar-refractivity contribution is 0.262. The number of benzene rings is 2. The van der Waals surface area contributed by atoms with Crippen molar-refractivity contribution in [2.24, 2.45) is 0 Å². The minimum atomic E-state index is -0.857. The summed E-state index contributed by atoms with van der Waals surface area (Å²) in [7, 11) is 0. The van der Waals surface area contributed by atoms with E-state index in [4.69, 9.17) is 4.74 Å². The van der Waals surface area contributed by atoms with Crippen LogP contribution >= 0.6 is 0 Å². The largest absolute Gasteiger partial charge is 0.477 e. The Hall–Kier alpha value is -3.55. The number of ether oxygens (including phenoxy) is 1. The number of hydrogen-bond acceptors (Lipinski definition) is 4. The lowest BCUT2D eigenvalue weighted by Gasteiger charge is -2.10. The number of anilines is 2. The van der Waals surface area contributed by atoms with Crippen molar-refractivity contribution < 1.29 is 18.3 Å². The molecule has 0 saturated heterocycles. The molecule has 144 valence electrons. The summed E-state index contributed by atoms with van der Waals surface area (Å²) >= 11 is 0. The molecule has 0 aliphatic heterocycles. The summed E-state index contributed by atoms with van der Waals surface area (Å²) in [6, 6.07) is 12.7. The van der Waals surface area contributed by atoms with Crippen LogP contribution in [-0.4, -0.2) is 22.8 Å². The number of nitrogens with zero attached hydrogens (tertiary/aromatic N) is 2. The molecule has 1 heterocycles. The molecule has 0 unspecified atom stereocenters. The van der Waals surface area contributed by atoms with Crippen LogP contribution in [0.5, 0.6) is 5.88 Å². The van der Waals surface area contributed by atoms with E-state index in [1.807, 2.05) is 13.0 Å². The highest BCUT2D eigenvalue weighted by molar-refractivity contribution is 6.00. The maximum Gasteiger partial charge on any atom is 0.323 e. The van der Waals surface area contributed by atoms with Gasteiger partial charge in [-0.25, -0.2) is 13.6 Å². The van der Waals surface area contributed by atoms with Gasteiger partial charge in [-0.05, 0) is 36.8 Å². The van der Waals surface area contributed by atoms with Crippen LogP contribution in [0.4, 0.5) is 25.0 Å². The van der Waals surface area contributed by atoms with Crippen LogP contribution in [0, 0.1) is 11.6 Å². The molecule has 2 amide bonds. The Morgan fingerprint density at radius 1 is 1.04 bits per heavy atom. The van der Waals surface area contributed by atoms with Gasteiger partial charge in [-0.1, -0.05) is 19.1 Å². The number of carbonyl (C=O) groups is 1. The average Bonchev–Trinajstić information content (AvgIpc) is 2.69. The summed E-state index contributed by atoms with van der Waals surface area (Å²) in [5, 5.41) is 13.1. The molecule has 6 nitrogen and oxygen atoms in total. The predicted octanol–water partition coefficient (Wildman–Crippen LogP) is 4.85. The van der Waals surface area contributed by atoms with Gasteiger partial charge in [-0.2, -0.15) is 0 Å². The van der Waals surface area contributed by atoms with Crippen molar-refractivity contribution >= 4 is 17.4 Å². The van der Waals surface area contributed by atoms with Crippen molar-refractivity contribution in [3.05, 3.63) is 66.2 Å². The summed E-state index contributed by atoms with van der Waals surface area (Å²) in [5.41, 5.74) is 1.70. The highest BCUT2D eigenvalue weighted by atomic mass is 19.1. The van der Waals surface area contributed by atoms with Crippen LogP contribution in [0.25, 0.3) is 11.3 Å². The van der Waals surface area contributed by atoms with E-state index in [0.29, 0.717) is 29.9 Å². The first kappa shape index (κ1) is 19.2. The van der Waals surface area contributed by atoms with Crippen LogP contribution in [0.3, 0.4) is 0 Å². The fourth-order valence-corrected chi connectivity index (χ4v) is 2.39. The maximum absolute atomic E-state index is 13.6. The Labute approximate surface area is 160 Å². The monoisotopic (exact) mass is 384 g/mol. The van der Waals surface area contributed by atoms with Crippen molar-refractivity contribution in [1.82, 2.24) is 10.2 Å². The molecule has 0 aliphatic carbocycles. The van der Waals surface area contributed by atoms with Gasteiger partial charge < -0.3 is 15.4 Å². The van der Waals surface area contributed by atoms with E-state index in [2.05, 4.69) is 20.8 Å². The second-order valence-electron chi connectivity index (χ2n) is 5.89. The van der Waals surface area contributed by atoms with Gasteiger partial charge in [-0.15, -0.1) is 10.2 Å². The first-order chi connectivity index (χ1) is 13.5. The van der Waals surface area contributed by atoms with Gasteiger partial charge in [0.2, 0.25) is 5.88 Å². The smallest absolute Gasteiger partial charge is 0.323 e. The molecule has 2 N–H and O–H groups in total. The summed E-state index contributed by atoms with van der Waals surface area (Å²) in [6.07, 6.45) is 0.876. The minimum Gasteiger partial charge on any atom is -0.477 e. The van der Waals surface area contributed by atoms with Crippen molar-refractivity contribution in [2.45, 2.75) is 13.3 Å². The number of urea groups is 1. The van der Waals surface area contributed by atoms with Gasteiger partial charge >= 0.3 is 6.03 Å². The van der Waals surface area contributed by atoms with Gasteiger partial charge in [0.1, 0.15) is 11.6 Å². The molecule has 0 atom stereocenters. The number of aromatic nitrogens is 2. The summed E-state index contributed by atoms with van der Waals surface area (Å²) in [4.78, 5) is 12.1. The molecule has 28 heavy (non-hydrogen) atoms. The second kappa shape index (κ2) is 8.90. The van der Waals surface area contributed by atoms with Crippen LogP contribution in [-0.2, 0) is 0 Å². The lowest BCUT2D eigenvalue weighted by Crippen LogP contribution is -2.20. The normalized spacial score (nSPS) is 10.4. The fourth-order valence-electron chi connectivity index (χ4n) is 2.39. The highest BCUT2D eigenvalue weighted by Crippen LogP contribution is 2.22. The van der Waals surface area contributed by atoms with Gasteiger partial charge in [0.25, 0.3) is 0 Å². The summed E-state index contributed by atoms with van der Waals surface area (Å²) in [6.45, 7) is 2.57. The van der Waals surface area contributed by atoms with Crippen molar-refractivity contribution in [3.63, 3.8) is 0 Å². The SMILES string of the molecule is CCCOc1ccc(-c2cccc(NC(=O)Nc3ccc(F)cc3F)c2)nn1. The Morgan fingerprint density at radius 2 is 1.89 bits per heavy atom. The Morgan fingerprint density at radius 3 is 2.61 bits per heavy atom. The number of hydrogen-bond donors (Lipinski definition) is 2. The van der Waals surface area contributed by atoms with E-state index in [1.54, 1.807) is 30.3 Å². The molecule has 0 saturated carbocycles. The topological polar surface area (TPSA) is 76.1 Å². The fraction of sp³-hybridized carbons (Fsp3) is 0.150. The van der Waals surface area contributed by atoms with Crippen LogP contribution in [0.2, 0.25) is 0 Å². The number of amides is 2. The van der Waals surface area contributed by atoms with Crippen molar-refractivity contribution in [1.29, 1.82) is 0 Å². The Kier molecular flexibility index (Phi) is 6.11. The van der Waals surface area contributed by atoms with Gasteiger partial charge in [0, 0.05) is 23.4 Å². The first-order valence-electron chi connectivity index (χ1n) is 8.65. The number of carbonyl (C=O) groups excluding carboxylic acids is 1. The standard InChI is InChI=1S/C20H18F2N4O2/c1-2-10-28-19-9-8-17(25-26-19)13-4-3-5-15(11-13)23-20(27)24-18-7-6-14(21)12-16(18)22/h3-9,11-12H,2,10H2,1H3,(H2,23,24,27). The predicted molar refractivity (Wildman–Crippen MR) is 102 cm³/mol. The molecule has 2 aromatic carbocycles. The third-order valence-electron chi connectivity index (χ3n) is 3.69. The van der Waals surface area contributed by atoms with Gasteiger partial charge in [0.15, 0.2) is 0 Å². The van der Waals surface area contributed by atoms with E-state index < -0.39 is 17.7 Å². The molecule has 0 spiro atoms. The molecule has 3 rings (SSSR count). The van der Waals surface area contributed by atoms with E-state index in [0.717, 1.165) is 24.1 Å². The van der Waals surface area contributed by atoms with E-state index >= 15 is 0 Å².